The number of aromatic nitrogens is 3. The van der Waals surface area contributed by atoms with Crippen LogP contribution in [0.1, 0.15) is 13.8 Å². The van der Waals surface area contributed by atoms with E-state index in [-0.39, 0.29) is 0 Å². The van der Waals surface area contributed by atoms with E-state index >= 15 is 0 Å². The number of aliphatic hydroxyl groups is 1. The molecule has 122 valence electrons. The van der Waals surface area contributed by atoms with Gasteiger partial charge in [0.25, 0.3) is 0 Å². The number of anilines is 3. The second-order valence-electron chi connectivity index (χ2n) is 5.76. The van der Waals surface area contributed by atoms with Crippen LogP contribution in [-0.2, 0) is 11.3 Å². The number of pyridine rings is 1. The number of fused-ring (bicyclic) bond motifs is 1. The van der Waals surface area contributed by atoms with Gasteiger partial charge in [0.2, 0.25) is 5.95 Å². The number of nitrogens with two attached hydrogens (primary N) is 1. The Bertz CT molecular complexity index is 647. The van der Waals surface area contributed by atoms with Crippen molar-refractivity contribution in [1.82, 2.24) is 14.5 Å². The van der Waals surface area contributed by atoms with Crippen LogP contribution in [0.5, 0.6) is 0 Å². The fraction of sp³-hybridized carbons (Fsp3) is 0.571. The van der Waals surface area contributed by atoms with Gasteiger partial charge in [-0.15, -0.1) is 0 Å². The highest BCUT2D eigenvalue weighted by Crippen LogP contribution is 2.30. The molecule has 0 amide bonds. The van der Waals surface area contributed by atoms with Crippen LogP contribution in [0.15, 0.2) is 6.20 Å². The van der Waals surface area contributed by atoms with Crippen molar-refractivity contribution in [2.75, 3.05) is 43.7 Å². The summed E-state index contributed by atoms with van der Waals surface area (Å²) in [6.07, 6.45) is 1.68. The number of rotatable bonds is 7. The quantitative estimate of drug-likeness (QED) is 0.562. The summed E-state index contributed by atoms with van der Waals surface area (Å²) in [6.45, 7) is 5.09. The minimum absolute atomic E-state index is 0.360. The Morgan fingerprint density at radius 1 is 1.45 bits per heavy atom. The molecular weight excluding hydrogens is 284 g/mol. The van der Waals surface area contributed by atoms with Crippen molar-refractivity contribution < 1.29 is 9.84 Å². The lowest BCUT2D eigenvalue weighted by atomic mass is 10.1. The average Bonchev–Trinajstić information content (AvgIpc) is 2.79. The molecule has 2 rings (SSSR count). The first-order valence-corrected chi connectivity index (χ1v) is 7.15. The number of nitrogen functional groups attached to an aromatic ring is 1. The van der Waals surface area contributed by atoms with E-state index in [2.05, 4.69) is 20.6 Å². The Morgan fingerprint density at radius 3 is 2.77 bits per heavy atom. The van der Waals surface area contributed by atoms with Crippen molar-refractivity contribution in [3.05, 3.63) is 6.20 Å². The molecule has 0 unspecified atom stereocenters. The molecule has 2 aromatic rings. The third kappa shape index (κ3) is 3.40. The van der Waals surface area contributed by atoms with Crippen LogP contribution in [-0.4, -0.2) is 52.6 Å². The number of hydrogen-bond acceptors (Lipinski definition) is 7. The topological polar surface area (TPSA) is 110 Å². The van der Waals surface area contributed by atoms with Crippen LogP contribution in [0.25, 0.3) is 11.0 Å². The van der Waals surface area contributed by atoms with Gasteiger partial charge >= 0.3 is 0 Å². The monoisotopic (exact) mass is 308 g/mol. The Morgan fingerprint density at radius 2 is 2.18 bits per heavy atom. The number of nitrogens with zero attached hydrogens (tertiary/aromatic N) is 3. The van der Waals surface area contributed by atoms with Gasteiger partial charge < -0.3 is 30.8 Å². The molecule has 0 radical (unpaired) electrons. The molecule has 22 heavy (non-hydrogen) atoms. The summed E-state index contributed by atoms with van der Waals surface area (Å²) < 4.78 is 6.96. The first-order valence-electron chi connectivity index (χ1n) is 7.15. The second kappa shape index (κ2) is 6.37. The number of hydrogen-bond donors (Lipinski definition) is 4. The summed E-state index contributed by atoms with van der Waals surface area (Å²) in [4.78, 5) is 8.67. The number of imidazole rings is 1. The highest BCUT2D eigenvalue weighted by atomic mass is 16.5. The molecule has 0 spiro atoms. The zero-order valence-electron chi connectivity index (χ0n) is 13.5. The third-order valence-corrected chi connectivity index (χ3v) is 3.19. The van der Waals surface area contributed by atoms with E-state index in [0.29, 0.717) is 37.0 Å². The minimum atomic E-state index is -0.888. The molecule has 0 saturated heterocycles. The van der Waals surface area contributed by atoms with Crippen LogP contribution in [0.4, 0.5) is 17.5 Å². The van der Waals surface area contributed by atoms with Gasteiger partial charge in [0.1, 0.15) is 5.52 Å². The van der Waals surface area contributed by atoms with Crippen LogP contribution in [0, 0.1) is 0 Å². The lowest BCUT2D eigenvalue weighted by Crippen LogP contribution is -2.27. The molecule has 5 N–H and O–H groups in total. The average molecular weight is 308 g/mol. The molecule has 0 aliphatic rings. The van der Waals surface area contributed by atoms with E-state index < -0.39 is 5.60 Å². The van der Waals surface area contributed by atoms with Gasteiger partial charge in [-0.05, 0) is 13.8 Å². The molecule has 8 nitrogen and oxygen atoms in total. The SMILES string of the molecule is CNc1nc2c(N)ncc(NCCOC)c2n1CC(C)(C)O. The molecule has 8 heteroatoms. The van der Waals surface area contributed by atoms with Crippen molar-refractivity contribution in [3.8, 4) is 0 Å². The Hall–Kier alpha value is -2.06. The second-order valence-corrected chi connectivity index (χ2v) is 5.76. The van der Waals surface area contributed by atoms with E-state index in [4.69, 9.17) is 10.5 Å². The molecule has 0 aromatic carbocycles. The number of ether oxygens (including phenoxy) is 1. The van der Waals surface area contributed by atoms with Crippen LogP contribution < -0.4 is 16.4 Å². The highest BCUT2D eigenvalue weighted by molar-refractivity contribution is 5.96. The molecule has 0 fully saturated rings. The molecule has 0 atom stereocenters. The van der Waals surface area contributed by atoms with Gasteiger partial charge in [-0.2, -0.15) is 0 Å². The van der Waals surface area contributed by atoms with E-state index in [1.54, 1.807) is 34.2 Å². The normalized spacial score (nSPS) is 11.9. The Labute approximate surface area is 129 Å². The van der Waals surface area contributed by atoms with Gasteiger partial charge in [0.05, 0.1) is 36.2 Å². The van der Waals surface area contributed by atoms with Crippen LogP contribution >= 0.6 is 0 Å². The maximum Gasteiger partial charge on any atom is 0.203 e. The fourth-order valence-electron chi connectivity index (χ4n) is 2.31. The van der Waals surface area contributed by atoms with Crippen molar-refractivity contribution in [1.29, 1.82) is 0 Å². The van der Waals surface area contributed by atoms with E-state index in [0.717, 1.165) is 11.2 Å². The standard InChI is InChI=1S/C14H24N6O2/c1-14(2,21)8-20-11-9(17-5-6-22-4)7-18-12(15)10(11)19-13(20)16-3/h7,17,21H,5-6,8H2,1-4H3,(H2,15,18)(H,16,19). The van der Waals surface area contributed by atoms with Crippen molar-refractivity contribution in [2.24, 2.45) is 0 Å². The zero-order valence-corrected chi connectivity index (χ0v) is 13.5. The van der Waals surface area contributed by atoms with Crippen molar-refractivity contribution in [3.63, 3.8) is 0 Å². The van der Waals surface area contributed by atoms with Crippen LogP contribution in [0.3, 0.4) is 0 Å². The third-order valence-electron chi connectivity index (χ3n) is 3.19. The van der Waals surface area contributed by atoms with Crippen molar-refractivity contribution >= 4 is 28.5 Å². The largest absolute Gasteiger partial charge is 0.389 e. The molecule has 0 bridgehead atoms. The van der Waals surface area contributed by atoms with E-state index in [9.17, 15) is 5.11 Å². The summed E-state index contributed by atoms with van der Waals surface area (Å²) >= 11 is 0. The predicted octanol–water partition coefficient (Wildman–Crippen LogP) is 0.884. The Balaban J connectivity index is 2.56. The fourth-order valence-corrected chi connectivity index (χ4v) is 2.31. The lowest BCUT2D eigenvalue weighted by Gasteiger charge is -2.21. The lowest BCUT2D eigenvalue weighted by molar-refractivity contribution is 0.0632. The zero-order chi connectivity index (χ0) is 16.3. The summed E-state index contributed by atoms with van der Waals surface area (Å²) in [5.74, 6) is 0.991. The Kier molecular flexibility index (Phi) is 4.72. The molecule has 0 aliphatic carbocycles. The summed E-state index contributed by atoms with van der Waals surface area (Å²) in [7, 11) is 3.43. The van der Waals surface area contributed by atoms with Gasteiger partial charge in [0.15, 0.2) is 5.82 Å². The summed E-state index contributed by atoms with van der Waals surface area (Å²) in [6, 6.07) is 0. The molecule has 2 aromatic heterocycles. The van der Waals surface area contributed by atoms with E-state index in [1.807, 2.05) is 4.57 Å². The molecular formula is C14H24N6O2. The minimum Gasteiger partial charge on any atom is -0.389 e. The molecule has 0 aliphatic heterocycles. The first kappa shape index (κ1) is 16.3. The summed E-state index contributed by atoms with van der Waals surface area (Å²) in [5, 5.41) is 16.5. The van der Waals surface area contributed by atoms with Gasteiger partial charge in [-0.3, -0.25) is 0 Å². The molecule has 0 saturated carbocycles. The van der Waals surface area contributed by atoms with Crippen LogP contribution in [0.2, 0.25) is 0 Å². The molecule has 2 heterocycles. The van der Waals surface area contributed by atoms with Gasteiger partial charge in [0, 0.05) is 20.7 Å². The number of methoxy groups -OCH3 is 1. The highest BCUT2D eigenvalue weighted by Gasteiger charge is 2.22. The van der Waals surface area contributed by atoms with Gasteiger partial charge in [-0.25, -0.2) is 9.97 Å². The van der Waals surface area contributed by atoms with Gasteiger partial charge in [-0.1, -0.05) is 0 Å². The van der Waals surface area contributed by atoms with Crippen molar-refractivity contribution in [2.45, 2.75) is 26.0 Å². The number of nitrogens with one attached hydrogen (secondary N) is 2. The maximum absolute atomic E-state index is 10.2. The smallest absolute Gasteiger partial charge is 0.203 e. The first-order chi connectivity index (χ1) is 10.4. The predicted molar refractivity (Wildman–Crippen MR) is 88.2 cm³/mol. The summed E-state index contributed by atoms with van der Waals surface area (Å²) in [5.41, 5.74) is 7.29. The van der Waals surface area contributed by atoms with E-state index in [1.165, 1.54) is 0 Å². The maximum atomic E-state index is 10.2.